The molecule has 1 atom stereocenters. The number of ether oxygens (including phenoxy) is 3. The van der Waals surface area contributed by atoms with E-state index in [1.165, 1.54) is 6.92 Å². The predicted octanol–water partition coefficient (Wildman–Crippen LogP) is 1.35. The Kier molecular flexibility index (Phi) is 9.52. The zero-order valence-corrected chi connectivity index (χ0v) is 14.4. The fourth-order valence-corrected chi connectivity index (χ4v) is 1.25. The van der Waals surface area contributed by atoms with E-state index in [1.54, 1.807) is 13.8 Å². The van der Waals surface area contributed by atoms with E-state index in [9.17, 15) is 19.5 Å². The van der Waals surface area contributed by atoms with Crippen LogP contribution in [0.4, 0.5) is 0 Å². The van der Waals surface area contributed by atoms with E-state index in [4.69, 9.17) is 25.8 Å². The van der Waals surface area contributed by atoms with Gasteiger partial charge in [-0.05, 0) is 20.8 Å². The Hall–Kier alpha value is -1.60. The highest BCUT2D eigenvalue weighted by Crippen LogP contribution is 2.13. The maximum atomic E-state index is 11.5. The average molecular weight is 351 g/mol. The van der Waals surface area contributed by atoms with Crippen molar-refractivity contribution < 1.29 is 33.7 Å². The summed E-state index contributed by atoms with van der Waals surface area (Å²) in [5, 5.41) is 9.50. The molecule has 0 aliphatic heterocycles. The van der Waals surface area contributed by atoms with Crippen molar-refractivity contribution in [2.24, 2.45) is 0 Å². The highest BCUT2D eigenvalue weighted by atomic mass is 35.5. The number of hydrogen-bond acceptors (Lipinski definition) is 7. The van der Waals surface area contributed by atoms with E-state index in [-0.39, 0.29) is 37.5 Å². The highest BCUT2D eigenvalue weighted by Gasteiger charge is 2.22. The molecule has 1 N–H and O–H groups in total. The van der Waals surface area contributed by atoms with Crippen LogP contribution in [0.1, 0.15) is 33.6 Å². The number of carbonyl (C=O) groups excluding carboxylic acids is 3. The normalized spacial score (nSPS) is 12.2. The molecule has 0 spiro atoms. The summed E-state index contributed by atoms with van der Waals surface area (Å²) < 4.78 is 14.5. The van der Waals surface area contributed by atoms with Gasteiger partial charge in [0.15, 0.2) is 0 Å². The van der Waals surface area contributed by atoms with Crippen LogP contribution >= 0.6 is 11.6 Å². The van der Waals surface area contributed by atoms with Crippen molar-refractivity contribution >= 4 is 29.5 Å². The minimum absolute atomic E-state index is 0.137. The fraction of sp³-hybridized carbons (Fsp3) is 0.667. The van der Waals surface area contributed by atoms with E-state index in [1.807, 2.05) is 0 Å². The summed E-state index contributed by atoms with van der Waals surface area (Å²) in [7, 11) is 0. The van der Waals surface area contributed by atoms with E-state index in [0.717, 1.165) is 0 Å². The van der Waals surface area contributed by atoms with Gasteiger partial charge in [0.05, 0.1) is 18.7 Å². The molecule has 0 saturated heterocycles. The molecule has 23 heavy (non-hydrogen) atoms. The Morgan fingerprint density at radius 3 is 2.17 bits per heavy atom. The molecule has 0 saturated carbocycles. The Morgan fingerprint density at radius 1 is 1.13 bits per heavy atom. The minimum Gasteiger partial charge on any atom is -0.463 e. The molecule has 0 heterocycles. The first kappa shape index (κ1) is 21.4. The predicted molar refractivity (Wildman–Crippen MR) is 82.9 cm³/mol. The summed E-state index contributed by atoms with van der Waals surface area (Å²) >= 11 is 5.62. The second-order valence-corrected chi connectivity index (χ2v) is 5.85. The molecule has 0 aromatic carbocycles. The number of hydrogen-bond donors (Lipinski definition) is 1. The summed E-state index contributed by atoms with van der Waals surface area (Å²) in [4.78, 5) is 34.0. The summed E-state index contributed by atoms with van der Waals surface area (Å²) in [6, 6.07) is 0. The SMILES string of the molecule is C=C(C)C(=O)OCC(O)COC(=O)CCC(=O)OC(C)(C)CCl. The first-order valence-corrected chi connectivity index (χ1v) is 7.55. The molecule has 8 heteroatoms. The molecule has 0 aliphatic carbocycles. The van der Waals surface area contributed by atoms with E-state index in [0.29, 0.717) is 0 Å². The van der Waals surface area contributed by atoms with Crippen LogP contribution in [0, 0.1) is 0 Å². The van der Waals surface area contributed by atoms with Gasteiger partial charge in [0, 0.05) is 5.57 Å². The van der Waals surface area contributed by atoms with Crippen molar-refractivity contribution in [1.29, 1.82) is 0 Å². The summed E-state index contributed by atoms with van der Waals surface area (Å²) in [6.07, 6.45) is -1.49. The molecule has 0 aliphatic rings. The van der Waals surface area contributed by atoms with Gasteiger partial charge in [0.1, 0.15) is 24.9 Å². The maximum absolute atomic E-state index is 11.5. The van der Waals surface area contributed by atoms with Crippen LogP contribution in [0.3, 0.4) is 0 Å². The molecule has 1 unspecified atom stereocenters. The number of carbonyl (C=O) groups is 3. The van der Waals surface area contributed by atoms with Crippen molar-refractivity contribution in [1.82, 2.24) is 0 Å². The lowest BCUT2D eigenvalue weighted by Crippen LogP contribution is -2.30. The highest BCUT2D eigenvalue weighted by molar-refractivity contribution is 6.18. The quantitative estimate of drug-likeness (QED) is 0.275. The number of aliphatic hydroxyl groups is 1. The van der Waals surface area contributed by atoms with Crippen molar-refractivity contribution in [3.8, 4) is 0 Å². The van der Waals surface area contributed by atoms with Gasteiger partial charge in [-0.1, -0.05) is 6.58 Å². The number of esters is 3. The standard InChI is InChI=1S/C15H23ClO7/c1-10(2)14(20)22-8-11(17)7-21-12(18)5-6-13(19)23-15(3,4)9-16/h11,17H,1,5-9H2,2-4H3. The Balaban J connectivity index is 3.92. The van der Waals surface area contributed by atoms with Crippen LogP contribution in [0.15, 0.2) is 12.2 Å². The number of aliphatic hydroxyl groups excluding tert-OH is 1. The molecule has 132 valence electrons. The lowest BCUT2D eigenvalue weighted by Gasteiger charge is -2.21. The van der Waals surface area contributed by atoms with Gasteiger partial charge in [0.2, 0.25) is 0 Å². The second kappa shape index (κ2) is 10.2. The molecule has 0 rings (SSSR count). The Bertz CT molecular complexity index is 445. The van der Waals surface area contributed by atoms with Crippen LogP contribution in [0.2, 0.25) is 0 Å². The molecule has 0 radical (unpaired) electrons. The zero-order chi connectivity index (χ0) is 18.0. The van der Waals surface area contributed by atoms with Crippen molar-refractivity contribution in [2.75, 3.05) is 19.1 Å². The fourth-order valence-electron chi connectivity index (χ4n) is 1.20. The zero-order valence-electron chi connectivity index (χ0n) is 13.6. The van der Waals surface area contributed by atoms with Crippen LogP contribution < -0.4 is 0 Å². The van der Waals surface area contributed by atoms with Gasteiger partial charge in [-0.3, -0.25) is 9.59 Å². The summed E-state index contributed by atoms with van der Waals surface area (Å²) in [5.74, 6) is -1.74. The minimum atomic E-state index is -1.15. The van der Waals surface area contributed by atoms with Crippen molar-refractivity contribution in [2.45, 2.75) is 45.3 Å². The van der Waals surface area contributed by atoms with Gasteiger partial charge in [-0.2, -0.15) is 0 Å². The first-order valence-electron chi connectivity index (χ1n) is 7.01. The van der Waals surface area contributed by atoms with Crippen molar-refractivity contribution in [3.63, 3.8) is 0 Å². The second-order valence-electron chi connectivity index (χ2n) is 5.58. The molecule has 0 amide bonds. The van der Waals surface area contributed by atoms with Crippen LogP contribution in [-0.2, 0) is 28.6 Å². The summed E-state index contributed by atoms with van der Waals surface area (Å²) in [6.45, 7) is 7.50. The third kappa shape index (κ3) is 10.7. The lowest BCUT2D eigenvalue weighted by molar-refractivity contribution is -0.159. The van der Waals surface area contributed by atoms with E-state index < -0.39 is 29.6 Å². The topological polar surface area (TPSA) is 99.1 Å². The van der Waals surface area contributed by atoms with Gasteiger partial charge in [0.25, 0.3) is 0 Å². The molecular formula is C15H23ClO7. The van der Waals surface area contributed by atoms with Gasteiger partial charge in [-0.25, -0.2) is 4.79 Å². The third-order valence-corrected chi connectivity index (χ3v) is 3.08. The Labute approximate surface area is 140 Å². The largest absolute Gasteiger partial charge is 0.463 e. The number of alkyl halides is 1. The molecule has 0 aromatic rings. The lowest BCUT2D eigenvalue weighted by atomic mass is 10.2. The van der Waals surface area contributed by atoms with Crippen LogP contribution in [0.5, 0.6) is 0 Å². The maximum Gasteiger partial charge on any atom is 0.333 e. The third-order valence-electron chi connectivity index (χ3n) is 2.44. The smallest absolute Gasteiger partial charge is 0.333 e. The first-order chi connectivity index (χ1) is 10.6. The monoisotopic (exact) mass is 350 g/mol. The molecule has 0 bridgehead atoms. The van der Waals surface area contributed by atoms with Gasteiger partial charge in [-0.15, -0.1) is 11.6 Å². The summed E-state index contributed by atoms with van der Waals surface area (Å²) in [5.41, 5.74) is -0.598. The average Bonchev–Trinajstić information content (AvgIpc) is 2.47. The van der Waals surface area contributed by atoms with Crippen molar-refractivity contribution in [3.05, 3.63) is 12.2 Å². The van der Waals surface area contributed by atoms with E-state index in [2.05, 4.69) is 6.58 Å². The molecule has 0 fully saturated rings. The molecular weight excluding hydrogens is 328 g/mol. The molecule has 7 nitrogen and oxygen atoms in total. The number of halogens is 1. The number of rotatable bonds is 10. The van der Waals surface area contributed by atoms with E-state index >= 15 is 0 Å². The van der Waals surface area contributed by atoms with Crippen LogP contribution in [-0.4, -0.2) is 53.8 Å². The molecule has 0 aromatic heterocycles. The van der Waals surface area contributed by atoms with Gasteiger partial charge >= 0.3 is 17.9 Å². The Morgan fingerprint density at radius 2 is 1.65 bits per heavy atom. The van der Waals surface area contributed by atoms with Crippen LogP contribution in [0.25, 0.3) is 0 Å². The van der Waals surface area contributed by atoms with Gasteiger partial charge < -0.3 is 19.3 Å².